The highest BCUT2D eigenvalue weighted by Crippen LogP contribution is 2.23. The number of aromatic nitrogens is 1. The van der Waals surface area contributed by atoms with Gasteiger partial charge in [-0.15, -0.1) is 0 Å². The standard InChI is InChI=1S/C13H13N5O3/c1-8-11(3-2-6-15-8)16-13(19)10-7-9(17-14)4-5-12(10)18(20)21/h2-7,17H,14H2,1H3,(H,16,19). The van der Waals surface area contributed by atoms with Crippen molar-refractivity contribution in [2.24, 2.45) is 5.84 Å². The van der Waals surface area contributed by atoms with E-state index >= 15 is 0 Å². The van der Waals surface area contributed by atoms with Gasteiger partial charge in [0.2, 0.25) is 0 Å². The summed E-state index contributed by atoms with van der Waals surface area (Å²) in [6, 6.07) is 7.29. The first-order valence-electron chi connectivity index (χ1n) is 6.01. The molecule has 4 N–H and O–H groups in total. The van der Waals surface area contributed by atoms with Crippen LogP contribution in [0.1, 0.15) is 16.1 Å². The first-order valence-corrected chi connectivity index (χ1v) is 6.01. The molecule has 1 amide bonds. The van der Waals surface area contributed by atoms with Gasteiger partial charge in [-0.25, -0.2) is 0 Å². The molecule has 0 aliphatic rings. The van der Waals surface area contributed by atoms with Gasteiger partial charge in [0.1, 0.15) is 5.56 Å². The molecule has 2 rings (SSSR count). The van der Waals surface area contributed by atoms with Crippen LogP contribution in [0.15, 0.2) is 36.5 Å². The van der Waals surface area contributed by atoms with Gasteiger partial charge in [-0.05, 0) is 31.2 Å². The maximum Gasteiger partial charge on any atom is 0.282 e. The Hall–Kier alpha value is -3.00. The maximum atomic E-state index is 12.2. The Morgan fingerprint density at radius 2 is 2.14 bits per heavy atom. The van der Waals surface area contributed by atoms with Crippen LogP contribution < -0.4 is 16.6 Å². The fourth-order valence-electron chi connectivity index (χ4n) is 1.77. The molecule has 0 saturated carbocycles. The van der Waals surface area contributed by atoms with E-state index in [1.54, 1.807) is 25.3 Å². The minimum Gasteiger partial charge on any atom is -0.324 e. The predicted octanol–water partition coefficient (Wildman–Crippen LogP) is 1.84. The van der Waals surface area contributed by atoms with Crippen molar-refractivity contribution in [3.8, 4) is 0 Å². The molecule has 21 heavy (non-hydrogen) atoms. The molecular formula is C13H13N5O3. The second-order valence-electron chi connectivity index (χ2n) is 4.22. The van der Waals surface area contributed by atoms with Crippen molar-refractivity contribution in [3.63, 3.8) is 0 Å². The molecule has 0 aliphatic heterocycles. The van der Waals surface area contributed by atoms with Crippen LogP contribution in [0.5, 0.6) is 0 Å². The summed E-state index contributed by atoms with van der Waals surface area (Å²) in [6.45, 7) is 1.72. The molecule has 0 unspecified atom stereocenters. The third-order valence-corrected chi connectivity index (χ3v) is 2.86. The van der Waals surface area contributed by atoms with Gasteiger partial charge in [-0.2, -0.15) is 0 Å². The number of benzene rings is 1. The molecule has 0 aliphatic carbocycles. The summed E-state index contributed by atoms with van der Waals surface area (Å²) in [6.07, 6.45) is 1.59. The zero-order chi connectivity index (χ0) is 15.4. The van der Waals surface area contributed by atoms with E-state index in [1.165, 1.54) is 18.2 Å². The van der Waals surface area contributed by atoms with Crippen LogP contribution >= 0.6 is 0 Å². The molecule has 0 fully saturated rings. The van der Waals surface area contributed by atoms with Gasteiger partial charge in [-0.3, -0.25) is 25.7 Å². The van der Waals surface area contributed by atoms with E-state index in [2.05, 4.69) is 15.7 Å². The average molecular weight is 287 g/mol. The molecule has 8 heteroatoms. The van der Waals surface area contributed by atoms with Crippen molar-refractivity contribution < 1.29 is 9.72 Å². The number of hydrogen-bond donors (Lipinski definition) is 3. The van der Waals surface area contributed by atoms with Crippen LogP contribution in [0.2, 0.25) is 0 Å². The quantitative estimate of drug-likeness (QED) is 0.448. The van der Waals surface area contributed by atoms with E-state index < -0.39 is 10.8 Å². The van der Waals surface area contributed by atoms with Crippen molar-refractivity contribution in [3.05, 3.63) is 57.9 Å². The normalized spacial score (nSPS) is 10.0. The molecule has 0 spiro atoms. The summed E-state index contributed by atoms with van der Waals surface area (Å²) in [5.74, 6) is 4.66. The fraction of sp³-hybridized carbons (Fsp3) is 0.0769. The molecule has 1 aromatic carbocycles. The van der Waals surface area contributed by atoms with Gasteiger partial charge in [-0.1, -0.05) is 0 Å². The number of carbonyl (C=O) groups excluding carboxylic acids is 1. The van der Waals surface area contributed by atoms with Crippen molar-refractivity contribution in [1.82, 2.24) is 4.98 Å². The molecule has 1 heterocycles. The van der Waals surface area contributed by atoms with Crippen LogP contribution in [-0.4, -0.2) is 15.8 Å². The van der Waals surface area contributed by atoms with Gasteiger partial charge < -0.3 is 10.7 Å². The number of rotatable bonds is 4. The Balaban J connectivity index is 2.38. The Morgan fingerprint density at radius 1 is 1.38 bits per heavy atom. The number of anilines is 2. The maximum absolute atomic E-state index is 12.2. The van der Waals surface area contributed by atoms with Crippen LogP contribution in [-0.2, 0) is 0 Å². The van der Waals surface area contributed by atoms with E-state index in [0.29, 0.717) is 17.1 Å². The van der Waals surface area contributed by atoms with Crippen molar-refractivity contribution in [2.45, 2.75) is 6.92 Å². The summed E-state index contributed by atoms with van der Waals surface area (Å²) in [5, 5.41) is 13.6. The molecule has 0 radical (unpaired) electrons. The van der Waals surface area contributed by atoms with E-state index in [-0.39, 0.29) is 11.3 Å². The largest absolute Gasteiger partial charge is 0.324 e. The SMILES string of the molecule is Cc1ncccc1NC(=O)c1cc(NN)ccc1[N+](=O)[O-]. The Morgan fingerprint density at radius 3 is 2.76 bits per heavy atom. The summed E-state index contributed by atoms with van der Waals surface area (Å²) in [5.41, 5.74) is 3.46. The molecule has 0 saturated heterocycles. The lowest BCUT2D eigenvalue weighted by molar-refractivity contribution is -0.385. The lowest BCUT2D eigenvalue weighted by Gasteiger charge is -2.09. The zero-order valence-corrected chi connectivity index (χ0v) is 11.2. The lowest BCUT2D eigenvalue weighted by Crippen LogP contribution is -2.16. The number of nitrogens with one attached hydrogen (secondary N) is 2. The highest BCUT2D eigenvalue weighted by Gasteiger charge is 2.21. The average Bonchev–Trinajstić information content (AvgIpc) is 2.48. The molecule has 108 valence electrons. The van der Waals surface area contributed by atoms with E-state index in [1.807, 2.05) is 0 Å². The summed E-state index contributed by atoms with van der Waals surface area (Å²) in [4.78, 5) is 26.7. The summed E-state index contributed by atoms with van der Waals surface area (Å²) >= 11 is 0. The lowest BCUT2D eigenvalue weighted by atomic mass is 10.1. The van der Waals surface area contributed by atoms with Gasteiger partial charge in [0.05, 0.1) is 16.3 Å². The zero-order valence-electron chi connectivity index (χ0n) is 11.2. The van der Waals surface area contributed by atoms with E-state index in [4.69, 9.17) is 5.84 Å². The summed E-state index contributed by atoms with van der Waals surface area (Å²) in [7, 11) is 0. The number of pyridine rings is 1. The highest BCUT2D eigenvalue weighted by atomic mass is 16.6. The first-order chi connectivity index (χ1) is 10.0. The highest BCUT2D eigenvalue weighted by molar-refractivity contribution is 6.07. The van der Waals surface area contributed by atoms with Gasteiger partial charge >= 0.3 is 0 Å². The van der Waals surface area contributed by atoms with Gasteiger partial charge in [0.15, 0.2) is 0 Å². The molecule has 0 bridgehead atoms. The van der Waals surface area contributed by atoms with Crippen LogP contribution in [0.4, 0.5) is 17.1 Å². The summed E-state index contributed by atoms with van der Waals surface area (Å²) < 4.78 is 0. The van der Waals surface area contributed by atoms with Gasteiger partial charge in [0.25, 0.3) is 11.6 Å². The van der Waals surface area contributed by atoms with Gasteiger partial charge in [0, 0.05) is 18.0 Å². The third kappa shape index (κ3) is 3.12. The minimum absolute atomic E-state index is 0.0845. The Labute approximate surface area is 120 Å². The number of nitro groups is 1. The number of hydrazine groups is 1. The minimum atomic E-state index is -0.620. The second kappa shape index (κ2) is 5.97. The second-order valence-corrected chi connectivity index (χ2v) is 4.22. The number of nitrogen functional groups attached to an aromatic ring is 1. The Bertz CT molecular complexity index is 702. The van der Waals surface area contributed by atoms with Crippen LogP contribution in [0, 0.1) is 17.0 Å². The molecule has 2 aromatic rings. The van der Waals surface area contributed by atoms with Crippen LogP contribution in [0.25, 0.3) is 0 Å². The topological polar surface area (TPSA) is 123 Å². The number of carbonyl (C=O) groups is 1. The molecule has 8 nitrogen and oxygen atoms in total. The molecule has 1 aromatic heterocycles. The number of nitrogens with zero attached hydrogens (tertiary/aromatic N) is 2. The van der Waals surface area contributed by atoms with Crippen LogP contribution in [0.3, 0.4) is 0 Å². The fourth-order valence-corrected chi connectivity index (χ4v) is 1.77. The monoisotopic (exact) mass is 287 g/mol. The third-order valence-electron chi connectivity index (χ3n) is 2.86. The number of amides is 1. The van der Waals surface area contributed by atoms with Crippen molar-refractivity contribution >= 4 is 23.0 Å². The van der Waals surface area contributed by atoms with E-state index in [0.717, 1.165) is 0 Å². The molecular weight excluding hydrogens is 274 g/mol. The van der Waals surface area contributed by atoms with Crippen molar-refractivity contribution in [2.75, 3.05) is 10.7 Å². The number of aryl methyl sites for hydroxylation is 1. The number of hydrogen-bond acceptors (Lipinski definition) is 6. The van der Waals surface area contributed by atoms with Crippen molar-refractivity contribution in [1.29, 1.82) is 0 Å². The predicted molar refractivity (Wildman–Crippen MR) is 77.8 cm³/mol. The molecule has 0 atom stereocenters. The Kier molecular flexibility index (Phi) is 4.10. The number of nitro benzene ring substituents is 1. The smallest absolute Gasteiger partial charge is 0.282 e. The first kappa shape index (κ1) is 14.4. The number of nitrogens with two attached hydrogens (primary N) is 1. The van der Waals surface area contributed by atoms with E-state index in [9.17, 15) is 14.9 Å².